The van der Waals surface area contributed by atoms with Crippen molar-refractivity contribution in [1.29, 1.82) is 0 Å². The van der Waals surface area contributed by atoms with Gasteiger partial charge in [0.1, 0.15) is 11.9 Å². The van der Waals surface area contributed by atoms with E-state index in [0.717, 1.165) is 12.8 Å². The largest absolute Gasteiger partial charge is 0.494 e. The van der Waals surface area contributed by atoms with Crippen LogP contribution in [0.15, 0.2) is 18.2 Å². The average Bonchev–Trinajstić information content (AvgIpc) is 2.18. The fourth-order valence-electron chi connectivity index (χ4n) is 1.61. The first kappa shape index (κ1) is 13.1. The summed E-state index contributed by atoms with van der Waals surface area (Å²) in [4.78, 5) is 0. The number of nitrogens with two attached hydrogens (primary N) is 1. The fourth-order valence-corrected chi connectivity index (χ4v) is 1.61. The second-order valence-electron chi connectivity index (χ2n) is 3.77. The Morgan fingerprint density at radius 3 is 2.62 bits per heavy atom. The van der Waals surface area contributed by atoms with Crippen molar-refractivity contribution in [3.05, 3.63) is 24.0 Å². The van der Waals surface area contributed by atoms with Crippen LogP contribution in [0.25, 0.3) is 0 Å². The van der Waals surface area contributed by atoms with Crippen molar-refractivity contribution in [2.75, 3.05) is 7.11 Å². The van der Waals surface area contributed by atoms with Gasteiger partial charge >= 0.3 is 0 Å². The predicted octanol–water partition coefficient (Wildman–Crippen LogP) is 2.12. The van der Waals surface area contributed by atoms with Crippen molar-refractivity contribution in [3.63, 3.8) is 0 Å². The third-order valence-corrected chi connectivity index (χ3v) is 2.56. The molecule has 0 bridgehead atoms. The Morgan fingerprint density at radius 2 is 2.06 bits per heavy atom. The lowest BCUT2D eigenvalue weighted by molar-refractivity contribution is 0.100. The Hall–Kier alpha value is -1.00. The van der Waals surface area contributed by atoms with Gasteiger partial charge in [-0.2, -0.15) is 0 Å². The standard InChI is InChI=1S/C11H14FNO2.ClH/c1-14-11-6-8(2-3-10(11)12)15-9-4-7(13)5-9;/h2-3,6-7,9H,4-5,13H2,1H3;1H. The lowest BCUT2D eigenvalue weighted by atomic mass is 9.90. The van der Waals surface area contributed by atoms with Gasteiger partial charge in [0.25, 0.3) is 0 Å². The zero-order chi connectivity index (χ0) is 10.8. The number of ether oxygens (including phenoxy) is 2. The SMILES string of the molecule is COc1cc(OC2CC(N)C2)ccc1F.Cl. The summed E-state index contributed by atoms with van der Waals surface area (Å²) < 4.78 is 23.5. The van der Waals surface area contributed by atoms with Gasteiger partial charge in [-0.05, 0) is 25.0 Å². The third-order valence-electron chi connectivity index (χ3n) is 2.56. The number of benzene rings is 1. The summed E-state index contributed by atoms with van der Waals surface area (Å²) in [5.41, 5.74) is 5.64. The van der Waals surface area contributed by atoms with Crippen LogP contribution >= 0.6 is 12.4 Å². The molecule has 0 aliphatic heterocycles. The van der Waals surface area contributed by atoms with Gasteiger partial charge in [0.15, 0.2) is 11.6 Å². The number of rotatable bonds is 3. The van der Waals surface area contributed by atoms with E-state index in [2.05, 4.69) is 0 Å². The summed E-state index contributed by atoms with van der Waals surface area (Å²) in [6.45, 7) is 0. The number of halogens is 2. The van der Waals surface area contributed by atoms with E-state index in [1.807, 2.05) is 0 Å². The van der Waals surface area contributed by atoms with Gasteiger partial charge in [-0.25, -0.2) is 4.39 Å². The second-order valence-corrected chi connectivity index (χ2v) is 3.77. The highest BCUT2D eigenvalue weighted by atomic mass is 35.5. The van der Waals surface area contributed by atoms with Gasteiger partial charge in [0, 0.05) is 12.1 Å². The molecule has 2 N–H and O–H groups in total. The first-order chi connectivity index (χ1) is 7.19. The zero-order valence-electron chi connectivity index (χ0n) is 8.98. The minimum atomic E-state index is -0.379. The molecule has 1 aromatic rings. The van der Waals surface area contributed by atoms with Crippen LogP contribution in [0, 0.1) is 5.82 Å². The van der Waals surface area contributed by atoms with Crippen LogP contribution in [0.3, 0.4) is 0 Å². The minimum Gasteiger partial charge on any atom is -0.494 e. The van der Waals surface area contributed by atoms with Crippen LogP contribution in [0.1, 0.15) is 12.8 Å². The lowest BCUT2D eigenvalue weighted by Crippen LogP contribution is -2.43. The summed E-state index contributed by atoms with van der Waals surface area (Å²) in [5.74, 6) is 0.455. The van der Waals surface area contributed by atoms with Crippen LogP contribution in [-0.2, 0) is 0 Å². The van der Waals surface area contributed by atoms with Crippen molar-refractivity contribution in [3.8, 4) is 11.5 Å². The molecule has 0 aromatic heterocycles. The third kappa shape index (κ3) is 2.77. The molecule has 1 saturated carbocycles. The number of hydrogen-bond acceptors (Lipinski definition) is 3. The van der Waals surface area contributed by atoms with E-state index in [1.165, 1.54) is 13.2 Å². The Labute approximate surface area is 100 Å². The van der Waals surface area contributed by atoms with Crippen molar-refractivity contribution < 1.29 is 13.9 Å². The first-order valence-electron chi connectivity index (χ1n) is 4.95. The Balaban J connectivity index is 0.00000128. The lowest BCUT2D eigenvalue weighted by Gasteiger charge is -2.32. The van der Waals surface area contributed by atoms with Gasteiger partial charge in [0.05, 0.1) is 7.11 Å². The Bertz CT molecular complexity index is 356. The molecule has 0 heterocycles. The van der Waals surface area contributed by atoms with Crippen molar-refractivity contribution in [2.24, 2.45) is 5.73 Å². The molecule has 0 radical (unpaired) electrons. The molecule has 0 atom stereocenters. The van der Waals surface area contributed by atoms with Gasteiger partial charge in [-0.3, -0.25) is 0 Å². The maximum atomic E-state index is 13.1. The molecular formula is C11H15ClFNO2. The van der Waals surface area contributed by atoms with Crippen molar-refractivity contribution in [1.82, 2.24) is 0 Å². The fraction of sp³-hybridized carbons (Fsp3) is 0.455. The van der Waals surface area contributed by atoms with Crippen LogP contribution in [-0.4, -0.2) is 19.3 Å². The highest BCUT2D eigenvalue weighted by Gasteiger charge is 2.27. The minimum absolute atomic E-state index is 0. The van der Waals surface area contributed by atoms with Crippen LogP contribution < -0.4 is 15.2 Å². The van der Waals surface area contributed by atoms with E-state index in [4.69, 9.17) is 15.2 Å². The first-order valence-corrected chi connectivity index (χ1v) is 4.95. The summed E-state index contributed by atoms with van der Waals surface area (Å²) in [5, 5.41) is 0. The van der Waals surface area contributed by atoms with E-state index in [0.29, 0.717) is 5.75 Å². The molecule has 0 amide bonds. The molecule has 2 rings (SSSR count). The van der Waals surface area contributed by atoms with Gasteiger partial charge < -0.3 is 15.2 Å². The van der Waals surface area contributed by atoms with Crippen molar-refractivity contribution >= 4 is 12.4 Å². The molecule has 16 heavy (non-hydrogen) atoms. The summed E-state index contributed by atoms with van der Waals surface area (Å²) in [6, 6.07) is 4.74. The summed E-state index contributed by atoms with van der Waals surface area (Å²) in [7, 11) is 1.43. The molecule has 1 aliphatic carbocycles. The molecule has 90 valence electrons. The molecular weight excluding hydrogens is 233 g/mol. The van der Waals surface area contributed by atoms with Crippen LogP contribution in [0.4, 0.5) is 4.39 Å². The molecule has 1 aromatic carbocycles. The van der Waals surface area contributed by atoms with Crippen molar-refractivity contribution in [2.45, 2.75) is 25.0 Å². The maximum Gasteiger partial charge on any atom is 0.165 e. The van der Waals surface area contributed by atoms with E-state index >= 15 is 0 Å². The second kappa shape index (κ2) is 5.37. The van der Waals surface area contributed by atoms with E-state index < -0.39 is 0 Å². The van der Waals surface area contributed by atoms with Gasteiger partial charge in [-0.15, -0.1) is 12.4 Å². The number of methoxy groups -OCH3 is 1. The topological polar surface area (TPSA) is 44.5 Å². The highest BCUT2D eigenvalue weighted by molar-refractivity contribution is 5.85. The smallest absolute Gasteiger partial charge is 0.165 e. The molecule has 0 spiro atoms. The van der Waals surface area contributed by atoms with Crippen LogP contribution in [0.5, 0.6) is 11.5 Å². The molecule has 0 saturated heterocycles. The molecule has 1 aliphatic rings. The maximum absolute atomic E-state index is 13.1. The molecule has 1 fully saturated rings. The zero-order valence-corrected chi connectivity index (χ0v) is 9.80. The average molecular weight is 248 g/mol. The van der Waals surface area contributed by atoms with Gasteiger partial charge in [-0.1, -0.05) is 0 Å². The highest BCUT2D eigenvalue weighted by Crippen LogP contribution is 2.28. The monoisotopic (exact) mass is 247 g/mol. The van der Waals surface area contributed by atoms with E-state index in [1.54, 1.807) is 12.1 Å². The van der Waals surface area contributed by atoms with E-state index in [9.17, 15) is 4.39 Å². The van der Waals surface area contributed by atoms with Crippen LogP contribution in [0.2, 0.25) is 0 Å². The molecule has 3 nitrogen and oxygen atoms in total. The summed E-state index contributed by atoms with van der Waals surface area (Å²) in [6.07, 6.45) is 1.88. The number of hydrogen-bond donors (Lipinski definition) is 1. The molecule has 5 heteroatoms. The quantitative estimate of drug-likeness (QED) is 0.890. The van der Waals surface area contributed by atoms with E-state index in [-0.39, 0.29) is 36.1 Å². The summed E-state index contributed by atoms with van der Waals surface area (Å²) >= 11 is 0. The predicted molar refractivity (Wildman–Crippen MR) is 61.8 cm³/mol. The molecule has 0 unspecified atom stereocenters. The van der Waals surface area contributed by atoms with Gasteiger partial charge in [0.2, 0.25) is 0 Å². The normalized spacial score (nSPS) is 22.9. The Morgan fingerprint density at radius 1 is 1.38 bits per heavy atom. The Kier molecular flexibility index (Phi) is 4.38.